The van der Waals surface area contributed by atoms with Crippen LogP contribution in [0.4, 0.5) is 34.1 Å². The van der Waals surface area contributed by atoms with Crippen LogP contribution in [0.5, 0.6) is 0 Å². The Kier molecular flexibility index (Phi) is 8.79. The smallest absolute Gasteiger partial charge is 0.0978 e. The largest absolute Gasteiger partial charge is 0.311 e. The molecular formula is C56H38N4. The molecule has 0 saturated carbocycles. The van der Waals surface area contributed by atoms with Gasteiger partial charge in [-0.2, -0.15) is 0 Å². The molecule has 0 unspecified atom stereocenters. The summed E-state index contributed by atoms with van der Waals surface area (Å²) in [6, 6.07) is 79.9. The number of fused-ring (bicyclic) bond motifs is 5. The molecule has 2 aromatic heterocycles. The first kappa shape index (κ1) is 35.1. The Balaban J connectivity index is 0.960. The number of anilines is 6. The third-order valence-electron chi connectivity index (χ3n) is 11.4. The van der Waals surface area contributed by atoms with E-state index in [9.17, 15) is 0 Å². The summed E-state index contributed by atoms with van der Waals surface area (Å²) in [7, 11) is 0. The molecule has 11 aromatic rings. The number of hydrogen-bond acceptors (Lipinski definition) is 4. The van der Waals surface area contributed by atoms with Gasteiger partial charge in [-0.05, 0) is 112 Å². The molecule has 0 aliphatic heterocycles. The number of para-hydroxylation sites is 3. The van der Waals surface area contributed by atoms with Gasteiger partial charge >= 0.3 is 0 Å². The zero-order valence-corrected chi connectivity index (χ0v) is 32.7. The SMILES string of the molecule is c1ccc(N(c2ccccc2)c2ccc(N(c3ccc(-c4ccc(-c5c6ccccc6nc6c5ccc5cccnc56)cc4)cc3)c3ccc4ccccc4c3)cc2)cc1. The Morgan fingerprint density at radius 3 is 1.47 bits per heavy atom. The fourth-order valence-corrected chi connectivity index (χ4v) is 8.55. The van der Waals surface area contributed by atoms with Gasteiger partial charge in [0, 0.05) is 62.0 Å². The molecular weight excluding hydrogens is 729 g/mol. The van der Waals surface area contributed by atoms with E-state index < -0.39 is 0 Å². The van der Waals surface area contributed by atoms with Crippen LogP contribution in [0, 0.1) is 0 Å². The Labute approximate surface area is 348 Å². The van der Waals surface area contributed by atoms with Gasteiger partial charge in [0.2, 0.25) is 0 Å². The summed E-state index contributed by atoms with van der Waals surface area (Å²) < 4.78 is 0. The van der Waals surface area contributed by atoms with Gasteiger partial charge in [0.25, 0.3) is 0 Å². The lowest BCUT2D eigenvalue weighted by Gasteiger charge is -2.28. The molecule has 0 bridgehead atoms. The Bertz CT molecular complexity index is 3250. The van der Waals surface area contributed by atoms with Gasteiger partial charge in [0.05, 0.1) is 16.6 Å². The second kappa shape index (κ2) is 15.0. The van der Waals surface area contributed by atoms with Crippen LogP contribution in [-0.4, -0.2) is 9.97 Å². The van der Waals surface area contributed by atoms with Crippen molar-refractivity contribution in [1.82, 2.24) is 9.97 Å². The van der Waals surface area contributed by atoms with Crippen molar-refractivity contribution in [3.63, 3.8) is 0 Å². The summed E-state index contributed by atoms with van der Waals surface area (Å²) in [5, 5.41) is 5.74. The molecule has 0 fully saturated rings. The van der Waals surface area contributed by atoms with Crippen LogP contribution in [0.1, 0.15) is 0 Å². The number of rotatable bonds is 8. The third-order valence-corrected chi connectivity index (χ3v) is 11.4. The lowest BCUT2D eigenvalue weighted by Crippen LogP contribution is -2.12. The van der Waals surface area contributed by atoms with Crippen molar-refractivity contribution in [3.05, 3.63) is 231 Å². The first-order valence-electron chi connectivity index (χ1n) is 20.3. The van der Waals surface area contributed by atoms with Crippen LogP contribution >= 0.6 is 0 Å². The predicted octanol–water partition coefficient (Wildman–Crippen LogP) is 15.4. The van der Waals surface area contributed by atoms with E-state index >= 15 is 0 Å². The zero-order valence-electron chi connectivity index (χ0n) is 32.7. The Hall–Kier alpha value is -8.08. The topological polar surface area (TPSA) is 32.3 Å². The van der Waals surface area contributed by atoms with Gasteiger partial charge in [-0.3, -0.25) is 4.98 Å². The summed E-state index contributed by atoms with van der Waals surface area (Å²) in [5.74, 6) is 0. The van der Waals surface area contributed by atoms with Crippen molar-refractivity contribution in [2.45, 2.75) is 0 Å². The molecule has 9 aromatic carbocycles. The summed E-state index contributed by atoms with van der Waals surface area (Å²) in [4.78, 5) is 14.5. The number of benzene rings is 9. The second-order valence-corrected chi connectivity index (χ2v) is 15.1. The molecule has 0 aliphatic rings. The van der Waals surface area contributed by atoms with Crippen molar-refractivity contribution >= 4 is 77.6 Å². The maximum atomic E-state index is 5.11. The molecule has 0 saturated heterocycles. The standard InChI is InChI=1S/C56H38N4/c1-3-15-45(16-4-1)59(46-17-5-2-6-18-46)48-32-34-49(35-33-48)60(50-31-27-39-12-7-8-13-44(39)38-50)47-29-25-41(26-30-47)40-21-23-42(24-22-40)54-51-19-9-10-20-53(51)58-56-52(54)36-28-43-14-11-37-57-55(43)56/h1-38H. The molecule has 0 radical (unpaired) electrons. The molecule has 0 amide bonds. The van der Waals surface area contributed by atoms with E-state index in [2.05, 4.69) is 228 Å². The molecule has 282 valence electrons. The van der Waals surface area contributed by atoms with Crippen molar-refractivity contribution in [1.29, 1.82) is 0 Å². The molecule has 11 rings (SSSR count). The minimum absolute atomic E-state index is 0.925. The van der Waals surface area contributed by atoms with Crippen molar-refractivity contribution < 1.29 is 0 Å². The maximum Gasteiger partial charge on any atom is 0.0978 e. The van der Waals surface area contributed by atoms with E-state index in [-0.39, 0.29) is 0 Å². The van der Waals surface area contributed by atoms with Crippen LogP contribution in [0.15, 0.2) is 231 Å². The summed E-state index contributed by atoms with van der Waals surface area (Å²) >= 11 is 0. The molecule has 0 aliphatic carbocycles. The lowest BCUT2D eigenvalue weighted by molar-refractivity contribution is 1.26. The van der Waals surface area contributed by atoms with Crippen molar-refractivity contribution in [3.8, 4) is 22.3 Å². The first-order chi connectivity index (χ1) is 29.7. The first-order valence-corrected chi connectivity index (χ1v) is 20.3. The minimum Gasteiger partial charge on any atom is -0.311 e. The van der Waals surface area contributed by atoms with Gasteiger partial charge in [0.1, 0.15) is 0 Å². The minimum atomic E-state index is 0.925. The molecule has 2 heterocycles. The van der Waals surface area contributed by atoms with Gasteiger partial charge in [-0.15, -0.1) is 0 Å². The van der Waals surface area contributed by atoms with E-state index in [1.54, 1.807) is 0 Å². The highest BCUT2D eigenvalue weighted by atomic mass is 15.2. The molecule has 4 heteroatoms. The number of aromatic nitrogens is 2. The fraction of sp³-hybridized carbons (Fsp3) is 0. The highest BCUT2D eigenvalue weighted by Gasteiger charge is 2.18. The summed E-state index contributed by atoms with van der Waals surface area (Å²) in [6.07, 6.45) is 1.85. The average molecular weight is 767 g/mol. The quantitative estimate of drug-likeness (QED) is 0.114. The fourth-order valence-electron chi connectivity index (χ4n) is 8.55. The van der Waals surface area contributed by atoms with Crippen LogP contribution in [0.25, 0.3) is 65.7 Å². The number of nitrogens with zero attached hydrogens (tertiary/aromatic N) is 4. The molecule has 60 heavy (non-hydrogen) atoms. The predicted molar refractivity (Wildman–Crippen MR) is 252 cm³/mol. The molecule has 0 spiro atoms. The van der Waals surface area contributed by atoms with E-state index in [4.69, 9.17) is 9.97 Å². The molecule has 4 nitrogen and oxygen atoms in total. The third kappa shape index (κ3) is 6.37. The van der Waals surface area contributed by atoms with Gasteiger partial charge in [-0.25, -0.2) is 4.98 Å². The van der Waals surface area contributed by atoms with E-state index in [0.717, 1.165) is 83.5 Å². The van der Waals surface area contributed by atoms with Crippen molar-refractivity contribution in [2.24, 2.45) is 0 Å². The van der Waals surface area contributed by atoms with E-state index in [1.165, 1.54) is 16.3 Å². The molecule has 0 atom stereocenters. The van der Waals surface area contributed by atoms with Crippen LogP contribution in [-0.2, 0) is 0 Å². The van der Waals surface area contributed by atoms with Crippen LogP contribution in [0.2, 0.25) is 0 Å². The van der Waals surface area contributed by atoms with Crippen LogP contribution in [0.3, 0.4) is 0 Å². The zero-order chi connectivity index (χ0) is 39.8. The highest BCUT2D eigenvalue weighted by Crippen LogP contribution is 2.41. The van der Waals surface area contributed by atoms with Gasteiger partial charge < -0.3 is 9.80 Å². The average Bonchev–Trinajstić information content (AvgIpc) is 3.32. The number of hydrogen-bond donors (Lipinski definition) is 0. The molecule has 0 N–H and O–H groups in total. The number of pyridine rings is 2. The summed E-state index contributed by atoms with van der Waals surface area (Å²) in [5.41, 5.74) is 14.0. The summed E-state index contributed by atoms with van der Waals surface area (Å²) in [6.45, 7) is 0. The van der Waals surface area contributed by atoms with E-state index in [0.29, 0.717) is 0 Å². The second-order valence-electron chi connectivity index (χ2n) is 15.1. The van der Waals surface area contributed by atoms with Gasteiger partial charge in [0.15, 0.2) is 0 Å². The Morgan fingerprint density at radius 1 is 0.300 bits per heavy atom. The maximum absolute atomic E-state index is 5.11. The highest BCUT2D eigenvalue weighted by molar-refractivity contribution is 6.16. The monoisotopic (exact) mass is 766 g/mol. The normalized spacial score (nSPS) is 11.3. The lowest BCUT2D eigenvalue weighted by atomic mass is 9.93. The van der Waals surface area contributed by atoms with Crippen LogP contribution < -0.4 is 9.80 Å². The van der Waals surface area contributed by atoms with Gasteiger partial charge in [-0.1, -0.05) is 140 Å². The van der Waals surface area contributed by atoms with E-state index in [1.807, 2.05) is 12.3 Å². The van der Waals surface area contributed by atoms with Crippen molar-refractivity contribution in [2.75, 3.05) is 9.80 Å². The Morgan fingerprint density at radius 2 is 0.783 bits per heavy atom.